The molecule has 2 rings (SSSR count). The van der Waals surface area contributed by atoms with Gasteiger partial charge < -0.3 is 5.32 Å². The van der Waals surface area contributed by atoms with E-state index in [1.165, 1.54) is 30.5 Å². The van der Waals surface area contributed by atoms with Crippen molar-refractivity contribution < 1.29 is 4.79 Å². The second-order valence-electron chi connectivity index (χ2n) is 3.69. The van der Waals surface area contributed by atoms with E-state index < -0.39 is 0 Å². The average Bonchev–Trinajstić information content (AvgIpc) is 2.25. The molecule has 1 aliphatic heterocycles. The molecule has 0 saturated heterocycles. The lowest BCUT2D eigenvalue weighted by atomic mass is 9.94. The lowest BCUT2D eigenvalue weighted by Crippen LogP contribution is -2.22. The molecule has 1 amide bonds. The Kier molecular flexibility index (Phi) is 2.15. The Balaban J connectivity index is 2.17. The summed E-state index contributed by atoms with van der Waals surface area (Å²) in [7, 11) is 0. The first kappa shape index (κ1) is 7.84. The van der Waals surface area contributed by atoms with Crippen LogP contribution in [0.4, 0.5) is 0 Å². The zero-order valence-corrected chi connectivity index (χ0v) is 7.36. The van der Waals surface area contributed by atoms with Crippen LogP contribution in [-0.2, 0) is 4.79 Å². The van der Waals surface area contributed by atoms with Crippen LogP contribution >= 0.6 is 0 Å². The van der Waals surface area contributed by atoms with Crippen LogP contribution in [0.5, 0.6) is 0 Å². The van der Waals surface area contributed by atoms with Gasteiger partial charge in [-0.15, -0.1) is 0 Å². The van der Waals surface area contributed by atoms with Crippen LogP contribution in [0.2, 0.25) is 0 Å². The van der Waals surface area contributed by atoms with E-state index in [4.69, 9.17) is 0 Å². The van der Waals surface area contributed by atoms with Crippen LogP contribution in [0.3, 0.4) is 0 Å². The Bertz CT molecular complexity index is 230. The zero-order chi connectivity index (χ0) is 8.39. The third-order valence-corrected chi connectivity index (χ3v) is 2.75. The molecule has 2 nitrogen and oxygen atoms in total. The van der Waals surface area contributed by atoms with E-state index in [1.54, 1.807) is 0 Å². The van der Waals surface area contributed by atoms with Crippen molar-refractivity contribution in [2.45, 2.75) is 44.9 Å². The first-order valence-electron chi connectivity index (χ1n) is 4.87. The topological polar surface area (TPSA) is 29.1 Å². The lowest BCUT2D eigenvalue weighted by Gasteiger charge is -2.18. The van der Waals surface area contributed by atoms with Gasteiger partial charge >= 0.3 is 0 Å². The maximum atomic E-state index is 11.2. The summed E-state index contributed by atoms with van der Waals surface area (Å²) >= 11 is 0. The van der Waals surface area contributed by atoms with Crippen molar-refractivity contribution in [3.63, 3.8) is 0 Å². The number of hydrogen-bond acceptors (Lipinski definition) is 1. The van der Waals surface area contributed by atoms with Crippen molar-refractivity contribution in [2.75, 3.05) is 0 Å². The lowest BCUT2D eigenvalue weighted by molar-refractivity contribution is -0.120. The third kappa shape index (κ3) is 1.52. The molecule has 0 fully saturated rings. The summed E-state index contributed by atoms with van der Waals surface area (Å²) in [5.41, 5.74) is 2.77. The predicted octanol–water partition coefficient (Wildman–Crippen LogP) is 2.11. The Morgan fingerprint density at radius 1 is 0.917 bits per heavy atom. The van der Waals surface area contributed by atoms with Gasteiger partial charge in [0.15, 0.2) is 0 Å². The molecule has 2 heteroatoms. The van der Waals surface area contributed by atoms with Crippen LogP contribution in [-0.4, -0.2) is 5.91 Å². The molecule has 1 aliphatic carbocycles. The number of rotatable bonds is 0. The fourth-order valence-corrected chi connectivity index (χ4v) is 2.09. The van der Waals surface area contributed by atoms with Crippen molar-refractivity contribution in [3.8, 4) is 0 Å². The van der Waals surface area contributed by atoms with Gasteiger partial charge in [0.25, 0.3) is 0 Å². The predicted molar refractivity (Wildman–Crippen MR) is 47.5 cm³/mol. The fourth-order valence-electron chi connectivity index (χ4n) is 2.09. The summed E-state index contributed by atoms with van der Waals surface area (Å²) in [5, 5.41) is 3.02. The van der Waals surface area contributed by atoms with Gasteiger partial charge in [0, 0.05) is 12.1 Å². The Morgan fingerprint density at radius 3 is 2.58 bits per heavy atom. The summed E-state index contributed by atoms with van der Waals surface area (Å²) in [4.78, 5) is 11.2. The van der Waals surface area contributed by atoms with E-state index in [0.29, 0.717) is 6.42 Å². The second-order valence-corrected chi connectivity index (χ2v) is 3.69. The van der Waals surface area contributed by atoms with Crippen LogP contribution in [0.15, 0.2) is 11.3 Å². The summed E-state index contributed by atoms with van der Waals surface area (Å²) in [6.45, 7) is 0. The van der Waals surface area contributed by atoms with E-state index in [1.807, 2.05) is 0 Å². The van der Waals surface area contributed by atoms with Gasteiger partial charge in [-0.3, -0.25) is 4.79 Å². The SMILES string of the molecule is O=C1CCCC2=C(CCCC2)N1. The normalized spacial score (nSPS) is 24.5. The van der Waals surface area contributed by atoms with Crippen LogP contribution < -0.4 is 5.32 Å². The molecule has 66 valence electrons. The number of nitrogens with one attached hydrogen (secondary N) is 1. The third-order valence-electron chi connectivity index (χ3n) is 2.75. The summed E-state index contributed by atoms with van der Waals surface area (Å²) in [5.74, 6) is 0.224. The van der Waals surface area contributed by atoms with Crippen LogP contribution in [0.25, 0.3) is 0 Å². The summed E-state index contributed by atoms with van der Waals surface area (Å²) in [6, 6.07) is 0. The molecule has 0 atom stereocenters. The largest absolute Gasteiger partial charge is 0.330 e. The standard InChI is InChI=1S/C10H15NO/c12-10-7-3-5-8-4-1-2-6-9(8)11-10/h1-7H2,(H,11,12). The molecule has 12 heavy (non-hydrogen) atoms. The van der Waals surface area contributed by atoms with Crippen LogP contribution in [0.1, 0.15) is 44.9 Å². The molecule has 0 aromatic heterocycles. The minimum atomic E-state index is 0.224. The van der Waals surface area contributed by atoms with Gasteiger partial charge in [0.2, 0.25) is 5.91 Å². The van der Waals surface area contributed by atoms with Crippen molar-refractivity contribution in [2.24, 2.45) is 0 Å². The van der Waals surface area contributed by atoms with Crippen molar-refractivity contribution in [1.29, 1.82) is 0 Å². The maximum Gasteiger partial charge on any atom is 0.224 e. The van der Waals surface area contributed by atoms with Crippen molar-refractivity contribution in [1.82, 2.24) is 5.32 Å². The molecular weight excluding hydrogens is 150 g/mol. The minimum absolute atomic E-state index is 0.224. The highest BCUT2D eigenvalue weighted by molar-refractivity contribution is 5.78. The number of hydrogen-bond donors (Lipinski definition) is 1. The quantitative estimate of drug-likeness (QED) is 0.585. The molecular formula is C10H15NO. The molecule has 0 radical (unpaired) electrons. The van der Waals surface area contributed by atoms with Gasteiger partial charge in [0.05, 0.1) is 0 Å². The number of allylic oxidation sites excluding steroid dienone is 2. The molecule has 0 saturated carbocycles. The number of amides is 1. The smallest absolute Gasteiger partial charge is 0.224 e. The number of carbonyl (C=O) groups is 1. The highest BCUT2D eigenvalue weighted by Gasteiger charge is 2.17. The number of carbonyl (C=O) groups excluding carboxylic acids is 1. The Labute approximate surface area is 73.0 Å². The van der Waals surface area contributed by atoms with E-state index in [9.17, 15) is 4.79 Å². The van der Waals surface area contributed by atoms with Crippen molar-refractivity contribution in [3.05, 3.63) is 11.3 Å². The first-order chi connectivity index (χ1) is 5.86. The van der Waals surface area contributed by atoms with Gasteiger partial charge in [-0.05, 0) is 38.5 Å². The van der Waals surface area contributed by atoms with Gasteiger partial charge in [-0.2, -0.15) is 0 Å². The Hall–Kier alpha value is -0.790. The highest BCUT2D eigenvalue weighted by Crippen LogP contribution is 2.28. The summed E-state index contributed by atoms with van der Waals surface area (Å²) < 4.78 is 0. The monoisotopic (exact) mass is 165 g/mol. The Morgan fingerprint density at radius 2 is 1.67 bits per heavy atom. The highest BCUT2D eigenvalue weighted by atomic mass is 16.1. The minimum Gasteiger partial charge on any atom is -0.330 e. The van der Waals surface area contributed by atoms with Gasteiger partial charge in [-0.25, -0.2) is 0 Å². The van der Waals surface area contributed by atoms with Gasteiger partial charge in [0.1, 0.15) is 0 Å². The molecule has 1 heterocycles. The van der Waals surface area contributed by atoms with Gasteiger partial charge in [-0.1, -0.05) is 5.57 Å². The van der Waals surface area contributed by atoms with Crippen LogP contribution in [0, 0.1) is 0 Å². The molecule has 0 aromatic carbocycles. The molecule has 0 spiro atoms. The molecule has 2 aliphatic rings. The molecule has 1 N–H and O–H groups in total. The van der Waals surface area contributed by atoms with Crippen molar-refractivity contribution >= 4 is 5.91 Å². The molecule has 0 unspecified atom stereocenters. The van der Waals surface area contributed by atoms with E-state index in [2.05, 4.69) is 5.32 Å². The first-order valence-corrected chi connectivity index (χ1v) is 4.87. The summed E-state index contributed by atoms with van der Waals surface area (Å²) in [6.07, 6.45) is 7.79. The second kappa shape index (κ2) is 3.30. The van der Waals surface area contributed by atoms with E-state index in [-0.39, 0.29) is 5.91 Å². The molecule has 0 aromatic rings. The molecule has 0 bridgehead atoms. The zero-order valence-electron chi connectivity index (χ0n) is 7.36. The van der Waals surface area contributed by atoms with E-state index in [0.717, 1.165) is 19.3 Å². The fraction of sp³-hybridized carbons (Fsp3) is 0.700. The average molecular weight is 165 g/mol. The maximum absolute atomic E-state index is 11.2. The van der Waals surface area contributed by atoms with E-state index >= 15 is 0 Å².